The van der Waals surface area contributed by atoms with Crippen LogP contribution in [0, 0.1) is 11.7 Å². The zero-order chi connectivity index (χ0) is 20.2. The normalized spacial score (nSPS) is 17.4. The fourth-order valence-corrected chi connectivity index (χ4v) is 5.08. The summed E-state index contributed by atoms with van der Waals surface area (Å²) >= 11 is 1.85. The number of benzene rings is 2. The molecule has 0 bridgehead atoms. The van der Waals surface area contributed by atoms with Crippen molar-refractivity contribution in [3.63, 3.8) is 0 Å². The van der Waals surface area contributed by atoms with Crippen molar-refractivity contribution >= 4 is 28.5 Å². The Kier molecular flexibility index (Phi) is 6.36. The van der Waals surface area contributed by atoms with Gasteiger partial charge in [0.25, 0.3) is 0 Å². The van der Waals surface area contributed by atoms with Crippen molar-refractivity contribution in [2.24, 2.45) is 5.92 Å². The molecule has 1 unspecified atom stereocenters. The first-order valence-corrected chi connectivity index (χ1v) is 11.2. The number of hydrogen-bond donors (Lipinski definition) is 0. The van der Waals surface area contributed by atoms with Crippen LogP contribution in [0.4, 0.5) is 10.1 Å². The van der Waals surface area contributed by atoms with E-state index in [1.807, 2.05) is 24.2 Å². The Balaban J connectivity index is 1.50. The molecule has 1 fully saturated rings. The van der Waals surface area contributed by atoms with Gasteiger partial charge < -0.3 is 4.90 Å². The molecule has 2 aromatic carbocycles. The lowest BCUT2D eigenvalue weighted by Gasteiger charge is -2.38. The van der Waals surface area contributed by atoms with Gasteiger partial charge in [0.15, 0.2) is 0 Å². The number of halogens is 1. The Bertz CT molecular complexity index is 947. The Morgan fingerprint density at radius 2 is 2.00 bits per heavy atom. The van der Waals surface area contributed by atoms with Gasteiger partial charge in [0.1, 0.15) is 5.82 Å². The van der Waals surface area contributed by atoms with Gasteiger partial charge in [-0.3, -0.25) is 4.98 Å². The van der Waals surface area contributed by atoms with Crippen LogP contribution < -0.4 is 4.90 Å². The quantitative estimate of drug-likeness (QED) is 0.464. The highest BCUT2D eigenvalue weighted by Gasteiger charge is 2.25. The maximum absolute atomic E-state index is 13.9. The molecule has 0 radical (unpaired) electrons. The number of fused-ring (bicyclic) bond motifs is 1. The predicted molar refractivity (Wildman–Crippen MR) is 121 cm³/mol. The third-order valence-corrected chi connectivity index (χ3v) is 6.81. The van der Waals surface area contributed by atoms with E-state index < -0.39 is 0 Å². The summed E-state index contributed by atoms with van der Waals surface area (Å²) < 4.78 is 16.4. The number of aromatic nitrogens is 1. The predicted octanol–water partition coefficient (Wildman–Crippen LogP) is 6.01. The van der Waals surface area contributed by atoms with E-state index in [0.29, 0.717) is 12.0 Å². The summed E-state index contributed by atoms with van der Waals surface area (Å²) in [6.45, 7) is 7.57. The number of pyridine rings is 1. The lowest BCUT2D eigenvalue weighted by Crippen LogP contribution is -2.41. The molecule has 0 aliphatic carbocycles. The Morgan fingerprint density at radius 1 is 1.17 bits per heavy atom. The molecule has 1 aliphatic heterocycles. The highest BCUT2D eigenvalue weighted by Crippen LogP contribution is 2.32. The Hall–Kier alpha value is -2.11. The molecule has 5 heteroatoms. The molecule has 0 amide bonds. The van der Waals surface area contributed by atoms with E-state index in [1.54, 1.807) is 12.1 Å². The third-order valence-electron chi connectivity index (χ3n) is 5.52. The lowest BCUT2D eigenvalue weighted by molar-refractivity contribution is 0.296. The average Bonchev–Trinajstić information content (AvgIpc) is 2.73. The van der Waals surface area contributed by atoms with Gasteiger partial charge in [-0.25, -0.2) is 8.70 Å². The molecule has 3 aromatic rings. The zero-order valence-electron chi connectivity index (χ0n) is 17.1. The van der Waals surface area contributed by atoms with E-state index in [4.69, 9.17) is 0 Å². The third kappa shape index (κ3) is 4.90. The highest BCUT2D eigenvalue weighted by atomic mass is 32.2. The molecule has 0 saturated carbocycles. The van der Waals surface area contributed by atoms with Crippen LogP contribution >= 0.6 is 11.9 Å². The van der Waals surface area contributed by atoms with Crippen LogP contribution in [0.15, 0.2) is 65.7 Å². The van der Waals surface area contributed by atoms with E-state index in [-0.39, 0.29) is 5.82 Å². The fourth-order valence-electron chi connectivity index (χ4n) is 4.04. The number of piperidine rings is 1. The Morgan fingerprint density at radius 3 is 2.79 bits per heavy atom. The van der Waals surface area contributed by atoms with Gasteiger partial charge in [-0.1, -0.05) is 18.2 Å². The summed E-state index contributed by atoms with van der Waals surface area (Å²) in [6.07, 6.45) is 4.23. The van der Waals surface area contributed by atoms with E-state index >= 15 is 0 Å². The number of nitrogens with zero attached hydrogens (tertiary/aromatic N) is 3. The molecule has 29 heavy (non-hydrogen) atoms. The summed E-state index contributed by atoms with van der Waals surface area (Å²) in [7, 11) is 0. The van der Waals surface area contributed by atoms with E-state index in [2.05, 4.69) is 58.4 Å². The van der Waals surface area contributed by atoms with Crippen LogP contribution in [0.3, 0.4) is 0 Å². The maximum Gasteiger partial charge on any atom is 0.124 e. The first-order valence-electron chi connectivity index (χ1n) is 10.4. The molecule has 1 aromatic heterocycles. The molecule has 0 N–H and O–H groups in total. The van der Waals surface area contributed by atoms with Crippen molar-refractivity contribution < 1.29 is 4.39 Å². The molecular formula is C24H28FN3S. The molecule has 1 aliphatic rings. The average molecular weight is 410 g/mol. The van der Waals surface area contributed by atoms with Crippen LogP contribution in [0.5, 0.6) is 0 Å². The molecule has 4 rings (SSSR count). The van der Waals surface area contributed by atoms with Gasteiger partial charge in [0.2, 0.25) is 0 Å². The number of anilines is 1. The fraction of sp³-hybridized carbons (Fsp3) is 0.375. The maximum atomic E-state index is 13.9. The van der Waals surface area contributed by atoms with Crippen LogP contribution in [-0.2, 0) is 0 Å². The van der Waals surface area contributed by atoms with Crippen molar-refractivity contribution in [2.45, 2.75) is 37.6 Å². The van der Waals surface area contributed by atoms with Crippen LogP contribution in [0.25, 0.3) is 10.9 Å². The van der Waals surface area contributed by atoms with E-state index in [9.17, 15) is 4.39 Å². The number of hydrogen-bond acceptors (Lipinski definition) is 4. The minimum Gasteiger partial charge on any atom is -0.371 e. The van der Waals surface area contributed by atoms with Crippen molar-refractivity contribution in [3.8, 4) is 0 Å². The summed E-state index contributed by atoms with van der Waals surface area (Å²) in [6, 6.07) is 18.0. The number of rotatable bonds is 6. The second-order valence-electron chi connectivity index (χ2n) is 8.04. The van der Waals surface area contributed by atoms with Crippen LogP contribution in [0.2, 0.25) is 0 Å². The minimum atomic E-state index is -0.203. The molecule has 1 saturated heterocycles. The van der Waals surface area contributed by atoms with Crippen LogP contribution in [-0.4, -0.2) is 35.0 Å². The summed E-state index contributed by atoms with van der Waals surface area (Å²) in [4.78, 5) is 8.11. The summed E-state index contributed by atoms with van der Waals surface area (Å²) in [5.41, 5.74) is 1.96. The largest absolute Gasteiger partial charge is 0.371 e. The lowest BCUT2D eigenvalue weighted by atomic mass is 9.96. The van der Waals surface area contributed by atoms with Gasteiger partial charge in [0.05, 0.1) is 5.52 Å². The second-order valence-corrected chi connectivity index (χ2v) is 9.17. The molecular weight excluding hydrogens is 381 g/mol. The molecule has 2 heterocycles. The standard InChI is InChI=1S/C24H28FN3S/c1-18(2)28(29-21-8-4-3-5-9-21)17-19-7-6-14-27(16-19)24-12-13-26-23-11-10-20(25)15-22(23)24/h3-5,8-13,15,18-19H,6-7,14,16-17H2,1-2H3. The van der Waals surface area contributed by atoms with Gasteiger partial charge in [-0.05, 0) is 81.0 Å². The molecule has 152 valence electrons. The van der Waals surface area contributed by atoms with E-state index in [1.165, 1.54) is 17.4 Å². The monoisotopic (exact) mass is 409 g/mol. The van der Waals surface area contributed by atoms with Gasteiger partial charge in [-0.2, -0.15) is 0 Å². The minimum absolute atomic E-state index is 0.203. The van der Waals surface area contributed by atoms with Gasteiger partial charge in [-0.15, -0.1) is 0 Å². The smallest absolute Gasteiger partial charge is 0.124 e. The van der Waals surface area contributed by atoms with Crippen LogP contribution in [0.1, 0.15) is 26.7 Å². The SMILES string of the molecule is CC(C)N(CC1CCCN(c2ccnc3ccc(F)cc23)C1)Sc1ccccc1. The second kappa shape index (κ2) is 9.14. The summed E-state index contributed by atoms with van der Waals surface area (Å²) in [5.74, 6) is 0.379. The van der Waals surface area contributed by atoms with E-state index in [0.717, 1.165) is 42.6 Å². The zero-order valence-corrected chi connectivity index (χ0v) is 17.9. The highest BCUT2D eigenvalue weighted by molar-refractivity contribution is 7.97. The first-order chi connectivity index (χ1) is 14.1. The molecule has 0 spiro atoms. The van der Waals surface area contributed by atoms with Crippen molar-refractivity contribution in [2.75, 3.05) is 24.5 Å². The van der Waals surface area contributed by atoms with Crippen molar-refractivity contribution in [3.05, 3.63) is 66.6 Å². The Labute approximate surface area is 177 Å². The topological polar surface area (TPSA) is 19.4 Å². The molecule has 3 nitrogen and oxygen atoms in total. The van der Waals surface area contributed by atoms with Gasteiger partial charge >= 0.3 is 0 Å². The first kappa shape index (κ1) is 20.2. The van der Waals surface area contributed by atoms with Crippen molar-refractivity contribution in [1.29, 1.82) is 0 Å². The van der Waals surface area contributed by atoms with Crippen molar-refractivity contribution in [1.82, 2.24) is 9.29 Å². The van der Waals surface area contributed by atoms with Gasteiger partial charge in [0, 0.05) is 47.8 Å². The molecule has 1 atom stereocenters. The summed E-state index contributed by atoms with van der Waals surface area (Å²) in [5, 5.41) is 0.910.